The van der Waals surface area contributed by atoms with Crippen LogP contribution >= 0.6 is 0 Å². The second kappa shape index (κ2) is 14.7. The molecule has 0 aliphatic carbocycles. The minimum atomic E-state index is -1.25. The Balaban J connectivity index is 2.20. The minimum absolute atomic E-state index is 0.0642. The first-order valence-electron chi connectivity index (χ1n) is 12.5. The highest BCUT2D eigenvalue weighted by atomic mass is 16.4. The molecule has 1 heterocycles. The van der Waals surface area contributed by atoms with Gasteiger partial charge in [-0.25, -0.2) is 4.79 Å². The third kappa shape index (κ3) is 9.26. The fraction of sp³-hybridized carbons (Fsp3) is 0.480. The van der Waals surface area contributed by atoms with Crippen LogP contribution in [0, 0.1) is 5.92 Å². The number of fused-ring (bicyclic) bond motifs is 1. The van der Waals surface area contributed by atoms with Gasteiger partial charge in [-0.05, 0) is 30.4 Å². The topological polar surface area (TPSA) is 251 Å². The number of hydrogen-bond donors (Lipinski definition) is 9. The van der Waals surface area contributed by atoms with E-state index in [1.807, 2.05) is 24.3 Å². The number of carbonyl (C=O) groups excluding carboxylic acids is 3. The average Bonchev–Trinajstić information content (AvgIpc) is 3.29. The maximum atomic E-state index is 13.4. The van der Waals surface area contributed by atoms with Gasteiger partial charge in [0.25, 0.3) is 0 Å². The Hall–Kier alpha value is -4.17. The molecule has 4 atom stereocenters. The number of aromatic nitrogens is 1. The summed E-state index contributed by atoms with van der Waals surface area (Å²) in [6.45, 7) is 2.95. The van der Waals surface area contributed by atoms with Gasteiger partial charge in [-0.15, -0.1) is 0 Å². The molecule has 14 nitrogen and oxygen atoms in total. The van der Waals surface area contributed by atoms with Crippen LogP contribution in [-0.4, -0.2) is 82.2 Å². The van der Waals surface area contributed by atoms with E-state index in [1.165, 1.54) is 0 Å². The standard InChI is InChI=1S/C25H38N8O6/c1-13(2)20(23(37)31-18(24(38)39)8-5-9-29-25(27)28)33-22(36)19(32-21(35)16(26)12-34)10-14-11-30-17-7-4-3-6-15(14)17/h3-4,6-7,11,13,16,18-20,30,34H,5,8-10,12,26H2,1-2H3,(H,31,37)(H,32,35)(H,33,36)(H,38,39)(H4,27,28,29). The molecule has 1 aromatic carbocycles. The van der Waals surface area contributed by atoms with E-state index < -0.39 is 60.4 Å². The third-order valence-electron chi connectivity index (χ3n) is 6.07. The average molecular weight is 547 g/mol. The SMILES string of the molecule is CC(C)C(NC(=O)C(Cc1c[nH]c2ccccc12)NC(=O)C(N)CO)C(=O)NC(CCCN=C(N)N)C(=O)O. The molecule has 12 N–H and O–H groups in total. The number of aliphatic hydroxyl groups excluding tert-OH is 1. The molecule has 0 saturated carbocycles. The Kier molecular flexibility index (Phi) is 11.7. The van der Waals surface area contributed by atoms with Crippen molar-refractivity contribution in [3.05, 3.63) is 36.0 Å². The Morgan fingerprint density at radius 2 is 1.67 bits per heavy atom. The first-order chi connectivity index (χ1) is 18.4. The number of nitrogens with one attached hydrogen (secondary N) is 4. The van der Waals surface area contributed by atoms with Crippen molar-refractivity contribution >= 4 is 40.6 Å². The monoisotopic (exact) mass is 546 g/mol. The van der Waals surface area contributed by atoms with Gasteiger partial charge in [0.05, 0.1) is 6.61 Å². The number of aliphatic carboxylic acids is 1. The molecule has 0 aliphatic heterocycles. The number of carboxylic acid groups (broad SMARTS) is 1. The lowest BCUT2D eigenvalue weighted by Crippen LogP contribution is -2.59. The van der Waals surface area contributed by atoms with Gasteiger partial charge in [0, 0.05) is 30.1 Å². The summed E-state index contributed by atoms with van der Waals surface area (Å²) in [7, 11) is 0. The van der Waals surface area contributed by atoms with Crippen molar-refractivity contribution in [2.75, 3.05) is 13.2 Å². The Morgan fingerprint density at radius 3 is 2.28 bits per heavy atom. The van der Waals surface area contributed by atoms with Crippen LogP contribution < -0.4 is 33.2 Å². The summed E-state index contributed by atoms with van der Waals surface area (Å²) >= 11 is 0. The van der Waals surface area contributed by atoms with Gasteiger partial charge in [-0.3, -0.25) is 19.4 Å². The van der Waals surface area contributed by atoms with Crippen LogP contribution in [0.3, 0.4) is 0 Å². The number of carbonyl (C=O) groups is 4. The highest BCUT2D eigenvalue weighted by molar-refractivity contribution is 5.95. The number of aliphatic hydroxyl groups is 1. The van der Waals surface area contributed by atoms with Gasteiger partial charge >= 0.3 is 5.97 Å². The molecule has 0 fully saturated rings. The molecule has 0 spiro atoms. The normalized spacial score (nSPS) is 14.2. The van der Waals surface area contributed by atoms with Crippen molar-refractivity contribution < 1.29 is 29.4 Å². The number of benzene rings is 1. The summed E-state index contributed by atoms with van der Waals surface area (Å²) in [5.41, 5.74) is 17.8. The van der Waals surface area contributed by atoms with Crippen LogP contribution in [0.5, 0.6) is 0 Å². The molecule has 4 unspecified atom stereocenters. The first kappa shape index (κ1) is 31.1. The molecule has 3 amide bonds. The van der Waals surface area contributed by atoms with E-state index >= 15 is 0 Å². The lowest BCUT2D eigenvalue weighted by Gasteiger charge is -2.27. The summed E-state index contributed by atoms with van der Waals surface area (Å²) < 4.78 is 0. The molecular formula is C25H38N8O6. The molecule has 0 saturated heterocycles. The number of rotatable bonds is 15. The molecule has 1 aromatic heterocycles. The number of guanidine groups is 1. The van der Waals surface area contributed by atoms with Gasteiger partial charge in [0.15, 0.2) is 5.96 Å². The van der Waals surface area contributed by atoms with E-state index in [1.54, 1.807) is 20.0 Å². The number of nitrogens with two attached hydrogens (primary N) is 3. The van der Waals surface area contributed by atoms with Crippen LogP contribution in [0.15, 0.2) is 35.5 Å². The van der Waals surface area contributed by atoms with Gasteiger partial charge < -0.3 is 48.3 Å². The third-order valence-corrected chi connectivity index (χ3v) is 6.07. The zero-order valence-electron chi connectivity index (χ0n) is 22.0. The lowest BCUT2D eigenvalue weighted by molar-refractivity contribution is -0.142. The number of para-hydroxylation sites is 1. The van der Waals surface area contributed by atoms with E-state index in [-0.39, 0.29) is 25.3 Å². The van der Waals surface area contributed by atoms with Crippen LogP contribution in [0.1, 0.15) is 32.3 Å². The molecular weight excluding hydrogens is 508 g/mol. The fourth-order valence-corrected chi connectivity index (χ4v) is 3.90. The molecule has 14 heteroatoms. The number of nitrogens with zero attached hydrogens (tertiary/aromatic N) is 1. The predicted molar refractivity (Wildman–Crippen MR) is 145 cm³/mol. The summed E-state index contributed by atoms with van der Waals surface area (Å²) in [5.74, 6) is -3.90. The molecule has 0 bridgehead atoms. The number of carboxylic acids is 1. The van der Waals surface area contributed by atoms with E-state index in [0.29, 0.717) is 6.42 Å². The van der Waals surface area contributed by atoms with Crippen LogP contribution in [-0.2, 0) is 25.6 Å². The molecule has 2 aromatic rings. The Morgan fingerprint density at radius 1 is 1.00 bits per heavy atom. The molecule has 39 heavy (non-hydrogen) atoms. The maximum Gasteiger partial charge on any atom is 0.326 e. The highest BCUT2D eigenvalue weighted by Crippen LogP contribution is 2.19. The Labute approximate surface area is 225 Å². The van der Waals surface area contributed by atoms with Crippen LogP contribution in [0.2, 0.25) is 0 Å². The molecule has 0 aliphatic rings. The summed E-state index contributed by atoms with van der Waals surface area (Å²) in [5, 5.41) is 27.3. The van der Waals surface area contributed by atoms with E-state index in [9.17, 15) is 29.4 Å². The zero-order valence-corrected chi connectivity index (χ0v) is 22.0. The maximum absolute atomic E-state index is 13.4. The number of amides is 3. The second-order valence-electron chi connectivity index (χ2n) is 9.49. The summed E-state index contributed by atoms with van der Waals surface area (Å²) in [6, 6.07) is 2.70. The minimum Gasteiger partial charge on any atom is -0.480 e. The van der Waals surface area contributed by atoms with Crippen molar-refractivity contribution in [3.8, 4) is 0 Å². The van der Waals surface area contributed by atoms with Crippen molar-refractivity contribution in [1.82, 2.24) is 20.9 Å². The van der Waals surface area contributed by atoms with Gasteiger partial charge in [-0.2, -0.15) is 0 Å². The zero-order chi connectivity index (χ0) is 29.1. The molecule has 0 radical (unpaired) electrons. The van der Waals surface area contributed by atoms with Gasteiger partial charge in [0.2, 0.25) is 17.7 Å². The quantitative estimate of drug-likeness (QED) is 0.0698. The van der Waals surface area contributed by atoms with E-state index in [2.05, 4.69) is 25.9 Å². The highest BCUT2D eigenvalue weighted by Gasteiger charge is 2.32. The number of hydrogen-bond acceptors (Lipinski definition) is 7. The smallest absolute Gasteiger partial charge is 0.326 e. The van der Waals surface area contributed by atoms with E-state index in [4.69, 9.17) is 17.2 Å². The molecule has 214 valence electrons. The van der Waals surface area contributed by atoms with Crippen molar-refractivity contribution in [1.29, 1.82) is 0 Å². The van der Waals surface area contributed by atoms with Crippen LogP contribution in [0.4, 0.5) is 0 Å². The van der Waals surface area contributed by atoms with Crippen LogP contribution in [0.25, 0.3) is 10.9 Å². The van der Waals surface area contributed by atoms with Gasteiger partial charge in [-0.1, -0.05) is 32.0 Å². The van der Waals surface area contributed by atoms with Crippen molar-refractivity contribution in [3.63, 3.8) is 0 Å². The predicted octanol–water partition coefficient (Wildman–Crippen LogP) is -1.72. The van der Waals surface area contributed by atoms with Gasteiger partial charge in [0.1, 0.15) is 24.2 Å². The van der Waals surface area contributed by atoms with E-state index in [0.717, 1.165) is 16.5 Å². The first-order valence-corrected chi connectivity index (χ1v) is 12.5. The lowest BCUT2D eigenvalue weighted by atomic mass is 10.00. The summed E-state index contributed by atoms with van der Waals surface area (Å²) in [6.07, 6.45) is 2.15. The molecule has 2 rings (SSSR count). The van der Waals surface area contributed by atoms with Crippen molar-refractivity contribution in [2.45, 2.75) is 57.3 Å². The largest absolute Gasteiger partial charge is 0.480 e. The fourth-order valence-electron chi connectivity index (χ4n) is 3.90. The number of aliphatic imine (C=N–C) groups is 1. The number of H-pyrrole nitrogens is 1. The Bertz CT molecular complexity index is 1180. The summed E-state index contributed by atoms with van der Waals surface area (Å²) in [4.78, 5) is 57.5. The number of aromatic amines is 1. The second-order valence-corrected chi connectivity index (χ2v) is 9.49. The van der Waals surface area contributed by atoms with Crippen molar-refractivity contribution in [2.24, 2.45) is 28.1 Å².